The first-order valence-electron chi connectivity index (χ1n) is 6.15. The van der Waals surface area contributed by atoms with Crippen molar-refractivity contribution in [2.45, 2.75) is 19.4 Å². The molecule has 0 radical (unpaired) electrons. The van der Waals surface area contributed by atoms with Gasteiger partial charge in [0.1, 0.15) is 17.7 Å². The summed E-state index contributed by atoms with van der Waals surface area (Å²) in [5.41, 5.74) is 2.31. The second kappa shape index (κ2) is 6.00. The monoisotopic (exact) mass is 237 g/mol. The van der Waals surface area contributed by atoms with Crippen LogP contribution in [-0.2, 0) is 6.54 Å². The van der Waals surface area contributed by atoms with Crippen LogP contribution in [0.3, 0.4) is 0 Å². The van der Waals surface area contributed by atoms with Gasteiger partial charge in [0.05, 0.1) is 0 Å². The van der Waals surface area contributed by atoms with Crippen LogP contribution in [0, 0.1) is 22.7 Å². The third-order valence-electron chi connectivity index (χ3n) is 3.19. The minimum absolute atomic E-state index is 0.156. The Bertz CT molecular complexity index is 509. The summed E-state index contributed by atoms with van der Waals surface area (Å²) >= 11 is 0. The molecule has 1 aliphatic rings. The van der Waals surface area contributed by atoms with Crippen LogP contribution in [0.2, 0.25) is 0 Å². The van der Waals surface area contributed by atoms with Gasteiger partial charge in [-0.25, -0.2) is 0 Å². The lowest BCUT2D eigenvalue weighted by Gasteiger charge is -2.16. The standard InChI is InChI=1S/C15H15N3/c16-10-13(11-17)9-14-5-1-2-6-15(14)12-18-7-3-4-8-18/h1-2,5-6,9H,3-4,7-8,12H2. The van der Waals surface area contributed by atoms with Crippen LogP contribution in [0.1, 0.15) is 24.0 Å². The molecule has 18 heavy (non-hydrogen) atoms. The van der Waals surface area contributed by atoms with Crippen LogP contribution < -0.4 is 0 Å². The molecule has 0 atom stereocenters. The molecule has 1 saturated heterocycles. The molecule has 90 valence electrons. The van der Waals surface area contributed by atoms with E-state index in [4.69, 9.17) is 10.5 Å². The van der Waals surface area contributed by atoms with Gasteiger partial charge in [-0.1, -0.05) is 24.3 Å². The van der Waals surface area contributed by atoms with E-state index in [1.54, 1.807) is 6.08 Å². The highest BCUT2D eigenvalue weighted by atomic mass is 15.1. The minimum Gasteiger partial charge on any atom is -0.299 e. The largest absolute Gasteiger partial charge is 0.299 e. The number of rotatable bonds is 3. The van der Waals surface area contributed by atoms with Gasteiger partial charge in [0, 0.05) is 6.54 Å². The van der Waals surface area contributed by atoms with Crippen molar-refractivity contribution in [1.82, 2.24) is 4.90 Å². The lowest BCUT2D eigenvalue weighted by molar-refractivity contribution is 0.331. The lowest BCUT2D eigenvalue weighted by atomic mass is 10.0. The number of nitrogens with zero attached hydrogens (tertiary/aromatic N) is 3. The van der Waals surface area contributed by atoms with E-state index in [-0.39, 0.29) is 5.57 Å². The van der Waals surface area contributed by atoms with Crippen molar-refractivity contribution < 1.29 is 0 Å². The maximum atomic E-state index is 8.81. The Morgan fingerprint density at radius 1 is 1.17 bits per heavy atom. The number of allylic oxidation sites excluding steroid dienone is 1. The topological polar surface area (TPSA) is 50.8 Å². The van der Waals surface area contributed by atoms with Gasteiger partial charge in [-0.3, -0.25) is 4.90 Å². The number of benzene rings is 1. The molecule has 0 bridgehead atoms. The molecular weight excluding hydrogens is 222 g/mol. The van der Waals surface area contributed by atoms with E-state index in [1.807, 2.05) is 30.3 Å². The van der Waals surface area contributed by atoms with Gasteiger partial charge >= 0.3 is 0 Å². The van der Waals surface area contributed by atoms with Gasteiger partial charge in [0.2, 0.25) is 0 Å². The lowest BCUT2D eigenvalue weighted by Crippen LogP contribution is -2.18. The Balaban J connectivity index is 2.23. The molecule has 0 spiro atoms. The minimum atomic E-state index is 0.156. The van der Waals surface area contributed by atoms with Gasteiger partial charge in [-0.05, 0) is 43.1 Å². The Morgan fingerprint density at radius 3 is 2.50 bits per heavy atom. The molecule has 0 saturated carbocycles. The summed E-state index contributed by atoms with van der Waals surface area (Å²) in [6, 6.07) is 11.8. The zero-order chi connectivity index (χ0) is 12.8. The zero-order valence-corrected chi connectivity index (χ0v) is 10.3. The van der Waals surface area contributed by atoms with Gasteiger partial charge in [-0.15, -0.1) is 0 Å². The SMILES string of the molecule is N#CC(C#N)=Cc1ccccc1CN1CCCC1. The Morgan fingerprint density at radius 2 is 1.83 bits per heavy atom. The summed E-state index contributed by atoms with van der Waals surface area (Å²) in [5.74, 6) is 0. The van der Waals surface area contributed by atoms with E-state index in [9.17, 15) is 0 Å². The summed E-state index contributed by atoms with van der Waals surface area (Å²) in [5, 5.41) is 17.6. The molecule has 0 amide bonds. The number of nitriles is 2. The molecule has 1 heterocycles. The van der Waals surface area contributed by atoms with Gasteiger partial charge < -0.3 is 0 Å². The maximum Gasteiger partial charge on any atom is 0.130 e. The van der Waals surface area contributed by atoms with E-state index >= 15 is 0 Å². The highest BCUT2D eigenvalue weighted by Crippen LogP contribution is 2.18. The third-order valence-corrected chi connectivity index (χ3v) is 3.19. The first-order valence-corrected chi connectivity index (χ1v) is 6.15. The van der Waals surface area contributed by atoms with Crippen LogP contribution in [-0.4, -0.2) is 18.0 Å². The van der Waals surface area contributed by atoms with E-state index in [0.717, 1.165) is 25.2 Å². The summed E-state index contributed by atoms with van der Waals surface area (Å²) < 4.78 is 0. The fraction of sp³-hybridized carbons (Fsp3) is 0.333. The molecule has 1 fully saturated rings. The second-order valence-electron chi connectivity index (χ2n) is 4.46. The molecule has 0 aliphatic carbocycles. The molecule has 0 N–H and O–H groups in total. The summed E-state index contributed by atoms with van der Waals surface area (Å²) in [6.07, 6.45) is 4.20. The van der Waals surface area contributed by atoms with Crippen molar-refractivity contribution in [1.29, 1.82) is 10.5 Å². The predicted molar refractivity (Wildman–Crippen MR) is 70.2 cm³/mol. The molecule has 1 aliphatic heterocycles. The van der Waals surface area contributed by atoms with E-state index in [0.29, 0.717) is 0 Å². The van der Waals surface area contributed by atoms with Crippen molar-refractivity contribution in [3.05, 3.63) is 41.0 Å². The quantitative estimate of drug-likeness (QED) is 0.759. The maximum absolute atomic E-state index is 8.81. The molecule has 3 nitrogen and oxygen atoms in total. The highest BCUT2D eigenvalue weighted by Gasteiger charge is 2.13. The van der Waals surface area contributed by atoms with Crippen LogP contribution >= 0.6 is 0 Å². The summed E-state index contributed by atoms with van der Waals surface area (Å²) in [4.78, 5) is 2.41. The van der Waals surface area contributed by atoms with Crippen molar-refractivity contribution in [2.24, 2.45) is 0 Å². The Labute approximate surface area is 108 Å². The van der Waals surface area contributed by atoms with Crippen LogP contribution in [0.15, 0.2) is 29.8 Å². The highest BCUT2D eigenvalue weighted by molar-refractivity contribution is 5.64. The van der Waals surface area contributed by atoms with Crippen molar-refractivity contribution in [2.75, 3.05) is 13.1 Å². The average molecular weight is 237 g/mol. The van der Waals surface area contributed by atoms with Crippen LogP contribution in [0.25, 0.3) is 6.08 Å². The second-order valence-corrected chi connectivity index (χ2v) is 4.46. The Kier molecular flexibility index (Phi) is 4.12. The number of hydrogen-bond donors (Lipinski definition) is 0. The van der Waals surface area contributed by atoms with E-state index < -0.39 is 0 Å². The van der Waals surface area contributed by atoms with Crippen LogP contribution in [0.4, 0.5) is 0 Å². The first-order chi connectivity index (χ1) is 8.83. The van der Waals surface area contributed by atoms with Gasteiger partial charge in [0.25, 0.3) is 0 Å². The fourth-order valence-corrected chi connectivity index (χ4v) is 2.25. The fourth-order valence-electron chi connectivity index (χ4n) is 2.25. The zero-order valence-electron chi connectivity index (χ0n) is 10.3. The molecule has 1 aromatic carbocycles. The average Bonchev–Trinajstić information content (AvgIpc) is 2.90. The summed E-state index contributed by atoms with van der Waals surface area (Å²) in [6.45, 7) is 3.18. The van der Waals surface area contributed by atoms with Gasteiger partial charge in [0.15, 0.2) is 0 Å². The molecule has 3 heteroatoms. The first kappa shape index (κ1) is 12.4. The molecule has 0 unspecified atom stereocenters. The van der Waals surface area contributed by atoms with E-state index in [2.05, 4.69) is 11.0 Å². The predicted octanol–water partition coefficient (Wildman–Crippen LogP) is 2.71. The third kappa shape index (κ3) is 2.97. The molecule has 1 aromatic rings. The van der Waals surface area contributed by atoms with Crippen molar-refractivity contribution in [3.8, 4) is 12.1 Å². The molecule has 0 aromatic heterocycles. The normalized spacial score (nSPS) is 14.8. The molecule has 2 rings (SSSR count). The number of hydrogen-bond acceptors (Lipinski definition) is 3. The van der Waals surface area contributed by atoms with Crippen molar-refractivity contribution >= 4 is 6.08 Å². The number of likely N-dealkylation sites (tertiary alicyclic amines) is 1. The van der Waals surface area contributed by atoms with Gasteiger partial charge in [-0.2, -0.15) is 10.5 Å². The molecular formula is C15H15N3. The van der Waals surface area contributed by atoms with Crippen molar-refractivity contribution in [3.63, 3.8) is 0 Å². The Hall–Kier alpha value is -2.10. The van der Waals surface area contributed by atoms with Crippen LogP contribution in [0.5, 0.6) is 0 Å². The smallest absolute Gasteiger partial charge is 0.130 e. The van der Waals surface area contributed by atoms with E-state index in [1.165, 1.54) is 18.4 Å². The summed E-state index contributed by atoms with van der Waals surface area (Å²) in [7, 11) is 0.